The topological polar surface area (TPSA) is 75.1 Å². The molecule has 0 spiro atoms. The summed E-state index contributed by atoms with van der Waals surface area (Å²) in [4.78, 5) is 20.0. The van der Waals surface area contributed by atoms with Crippen molar-refractivity contribution in [1.82, 2.24) is 15.3 Å². The zero-order valence-corrected chi connectivity index (χ0v) is 12.4. The number of halogens is 1. The molecule has 1 fully saturated rings. The van der Waals surface area contributed by atoms with Crippen LogP contribution in [-0.4, -0.2) is 33.1 Å². The summed E-state index contributed by atoms with van der Waals surface area (Å²) < 4.78 is 0. The Hall–Kier alpha value is -1.20. The second kappa shape index (κ2) is 6.50. The molecule has 1 aliphatic rings. The van der Waals surface area contributed by atoms with Gasteiger partial charge < -0.3 is 10.4 Å². The molecular formula is C14H20ClN3O2. The van der Waals surface area contributed by atoms with Gasteiger partial charge in [0, 0.05) is 6.20 Å². The third kappa shape index (κ3) is 3.27. The van der Waals surface area contributed by atoms with Crippen molar-refractivity contribution in [2.45, 2.75) is 44.6 Å². The highest BCUT2D eigenvalue weighted by molar-refractivity contribution is 6.33. The van der Waals surface area contributed by atoms with E-state index in [1.165, 1.54) is 18.9 Å². The molecule has 1 heterocycles. The predicted molar refractivity (Wildman–Crippen MR) is 76.6 cm³/mol. The number of nitrogens with one attached hydrogen (secondary N) is 1. The molecule has 110 valence electrons. The molecule has 1 atom stereocenters. The van der Waals surface area contributed by atoms with Gasteiger partial charge in [0.1, 0.15) is 12.0 Å². The molecule has 0 aromatic carbocycles. The summed E-state index contributed by atoms with van der Waals surface area (Å²) in [5, 5.41) is 12.8. The van der Waals surface area contributed by atoms with Gasteiger partial charge >= 0.3 is 0 Å². The molecule has 1 unspecified atom stereocenters. The van der Waals surface area contributed by atoms with Gasteiger partial charge in [-0.25, -0.2) is 9.97 Å². The number of hydrogen-bond acceptors (Lipinski definition) is 4. The molecule has 1 saturated carbocycles. The van der Waals surface area contributed by atoms with Crippen LogP contribution in [-0.2, 0) is 0 Å². The summed E-state index contributed by atoms with van der Waals surface area (Å²) in [5.41, 5.74) is -0.483. The van der Waals surface area contributed by atoms with E-state index in [1.54, 1.807) is 0 Å². The zero-order valence-electron chi connectivity index (χ0n) is 11.6. The fourth-order valence-corrected chi connectivity index (χ4v) is 3.00. The normalized spacial score (nSPS) is 19.4. The molecule has 1 amide bonds. The summed E-state index contributed by atoms with van der Waals surface area (Å²) in [6, 6.07) is 0. The van der Waals surface area contributed by atoms with Crippen molar-refractivity contribution in [1.29, 1.82) is 0 Å². The van der Waals surface area contributed by atoms with Crippen LogP contribution in [0, 0.1) is 5.92 Å². The van der Waals surface area contributed by atoms with Gasteiger partial charge in [0.25, 0.3) is 5.91 Å². The largest absolute Gasteiger partial charge is 0.394 e. The maximum atomic E-state index is 12.3. The Kier molecular flexibility index (Phi) is 4.94. The van der Waals surface area contributed by atoms with Gasteiger partial charge in [0.2, 0.25) is 0 Å². The highest BCUT2D eigenvalue weighted by Gasteiger charge is 2.36. The van der Waals surface area contributed by atoms with Crippen LogP contribution in [0.3, 0.4) is 0 Å². The van der Waals surface area contributed by atoms with E-state index in [1.807, 2.05) is 6.92 Å². The summed E-state index contributed by atoms with van der Waals surface area (Å²) in [5.74, 6) is -0.0784. The molecule has 2 rings (SSSR count). The van der Waals surface area contributed by atoms with Gasteiger partial charge in [-0.05, 0) is 25.7 Å². The summed E-state index contributed by atoms with van der Waals surface area (Å²) in [6.07, 6.45) is 8.24. The Morgan fingerprint density at radius 2 is 2.20 bits per heavy atom. The molecule has 0 radical (unpaired) electrons. The molecule has 20 heavy (non-hydrogen) atoms. The van der Waals surface area contributed by atoms with Crippen LogP contribution < -0.4 is 5.32 Å². The summed E-state index contributed by atoms with van der Waals surface area (Å²) >= 11 is 5.93. The van der Waals surface area contributed by atoms with Crippen LogP contribution in [0.25, 0.3) is 0 Å². The number of aliphatic hydroxyl groups is 1. The number of amides is 1. The van der Waals surface area contributed by atoms with Crippen molar-refractivity contribution < 1.29 is 9.90 Å². The SMILES string of the molecule is CC(CO)(NC(=O)c1ncncc1Cl)C1CCCCC1. The minimum absolute atomic E-state index is 0.0912. The van der Waals surface area contributed by atoms with Crippen molar-refractivity contribution in [3.63, 3.8) is 0 Å². The summed E-state index contributed by atoms with van der Waals surface area (Å²) in [6.45, 7) is 1.79. The van der Waals surface area contributed by atoms with Crippen molar-refractivity contribution >= 4 is 17.5 Å². The van der Waals surface area contributed by atoms with Crippen LogP contribution >= 0.6 is 11.6 Å². The van der Waals surface area contributed by atoms with Crippen LogP contribution in [0.2, 0.25) is 5.02 Å². The standard InChI is InChI=1S/C14H20ClN3O2/c1-14(8-19,10-5-3-2-4-6-10)18-13(20)12-11(15)7-16-9-17-12/h7,9-10,19H,2-6,8H2,1H3,(H,18,20). The quantitative estimate of drug-likeness (QED) is 0.893. The average Bonchev–Trinajstić information content (AvgIpc) is 2.48. The fraction of sp³-hybridized carbons (Fsp3) is 0.643. The third-order valence-electron chi connectivity index (χ3n) is 4.12. The monoisotopic (exact) mass is 297 g/mol. The Morgan fingerprint density at radius 3 is 2.80 bits per heavy atom. The van der Waals surface area contributed by atoms with Gasteiger partial charge in [0.15, 0.2) is 0 Å². The molecular weight excluding hydrogens is 278 g/mol. The minimum Gasteiger partial charge on any atom is -0.394 e. The Bertz CT molecular complexity index is 477. The Labute approximate surface area is 123 Å². The number of nitrogens with zero attached hydrogens (tertiary/aromatic N) is 2. The molecule has 0 bridgehead atoms. The first-order valence-corrected chi connectivity index (χ1v) is 7.33. The third-order valence-corrected chi connectivity index (χ3v) is 4.39. The van der Waals surface area contributed by atoms with E-state index in [-0.39, 0.29) is 29.1 Å². The highest BCUT2D eigenvalue weighted by atomic mass is 35.5. The van der Waals surface area contributed by atoms with Crippen LogP contribution in [0.4, 0.5) is 0 Å². The average molecular weight is 298 g/mol. The van der Waals surface area contributed by atoms with Gasteiger partial charge in [-0.1, -0.05) is 30.9 Å². The number of aliphatic hydroxyl groups excluding tert-OH is 1. The van der Waals surface area contributed by atoms with Crippen LogP contribution in [0.15, 0.2) is 12.5 Å². The maximum absolute atomic E-state index is 12.3. The summed E-state index contributed by atoms with van der Waals surface area (Å²) in [7, 11) is 0. The lowest BCUT2D eigenvalue weighted by Gasteiger charge is -2.39. The predicted octanol–water partition coefficient (Wildman–Crippen LogP) is 2.19. The van der Waals surface area contributed by atoms with E-state index in [9.17, 15) is 9.90 Å². The van der Waals surface area contributed by atoms with Gasteiger partial charge in [-0.3, -0.25) is 4.79 Å². The molecule has 2 N–H and O–H groups in total. The number of aromatic nitrogens is 2. The molecule has 1 aromatic rings. The zero-order chi connectivity index (χ0) is 14.6. The molecule has 5 nitrogen and oxygen atoms in total. The lowest BCUT2D eigenvalue weighted by Crippen LogP contribution is -2.55. The maximum Gasteiger partial charge on any atom is 0.272 e. The Balaban J connectivity index is 2.13. The highest BCUT2D eigenvalue weighted by Crippen LogP contribution is 2.32. The van der Waals surface area contributed by atoms with Crippen molar-refractivity contribution in [2.75, 3.05) is 6.61 Å². The fourth-order valence-electron chi connectivity index (χ4n) is 2.81. The van der Waals surface area contributed by atoms with Crippen molar-refractivity contribution in [2.24, 2.45) is 5.92 Å². The second-order valence-corrected chi connectivity index (χ2v) is 5.99. The molecule has 1 aliphatic carbocycles. The minimum atomic E-state index is -0.633. The number of carbonyl (C=O) groups is 1. The lowest BCUT2D eigenvalue weighted by atomic mass is 9.76. The van der Waals surface area contributed by atoms with Crippen molar-refractivity contribution in [3.8, 4) is 0 Å². The van der Waals surface area contributed by atoms with E-state index in [0.717, 1.165) is 25.7 Å². The molecule has 1 aromatic heterocycles. The Morgan fingerprint density at radius 1 is 1.50 bits per heavy atom. The van der Waals surface area contributed by atoms with E-state index in [0.29, 0.717) is 0 Å². The van der Waals surface area contributed by atoms with E-state index in [4.69, 9.17) is 11.6 Å². The smallest absolute Gasteiger partial charge is 0.272 e. The number of hydrogen-bond donors (Lipinski definition) is 2. The van der Waals surface area contributed by atoms with Gasteiger partial charge in [0.05, 0.1) is 17.2 Å². The van der Waals surface area contributed by atoms with Crippen LogP contribution in [0.1, 0.15) is 49.5 Å². The van der Waals surface area contributed by atoms with Gasteiger partial charge in [-0.2, -0.15) is 0 Å². The van der Waals surface area contributed by atoms with Crippen molar-refractivity contribution in [3.05, 3.63) is 23.2 Å². The first-order chi connectivity index (χ1) is 9.57. The second-order valence-electron chi connectivity index (χ2n) is 5.58. The first-order valence-electron chi connectivity index (χ1n) is 6.95. The molecule has 0 aliphatic heterocycles. The lowest BCUT2D eigenvalue weighted by molar-refractivity contribution is 0.0675. The number of carbonyl (C=O) groups excluding carboxylic acids is 1. The molecule has 6 heteroatoms. The van der Waals surface area contributed by atoms with Crippen LogP contribution in [0.5, 0.6) is 0 Å². The molecule has 0 saturated heterocycles. The van der Waals surface area contributed by atoms with E-state index in [2.05, 4.69) is 15.3 Å². The van der Waals surface area contributed by atoms with E-state index >= 15 is 0 Å². The first kappa shape index (κ1) is 15.2. The number of rotatable bonds is 4. The van der Waals surface area contributed by atoms with Gasteiger partial charge in [-0.15, -0.1) is 0 Å². The van der Waals surface area contributed by atoms with E-state index < -0.39 is 5.54 Å².